The Hall–Kier alpha value is -1.26. The van der Waals surface area contributed by atoms with Gasteiger partial charge in [0.1, 0.15) is 11.6 Å². The van der Waals surface area contributed by atoms with Gasteiger partial charge in [0.2, 0.25) is 0 Å². The summed E-state index contributed by atoms with van der Waals surface area (Å²) in [5, 5.41) is 5.11. The number of rotatable bonds is 1. The van der Waals surface area contributed by atoms with Gasteiger partial charge in [0, 0.05) is 0 Å². The van der Waals surface area contributed by atoms with E-state index in [0.717, 1.165) is 5.82 Å². The van der Waals surface area contributed by atoms with E-state index in [-0.39, 0.29) is 0 Å². The molecule has 0 fully saturated rings. The van der Waals surface area contributed by atoms with Crippen molar-refractivity contribution >= 4 is 28.9 Å². The van der Waals surface area contributed by atoms with E-state index in [9.17, 15) is 0 Å². The quantitative estimate of drug-likeness (QED) is 0.799. The topological polar surface area (TPSA) is 56.7 Å². The SMILES string of the molecule is Cc1nc(C)n(-c2cc(Cl)c(Cl)cc2N)n1. The first-order valence-electron chi connectivity index (χ1n) is 4.64. The van der Waals surface area contributed by atoms with Crippen molar-refractivity contribution in [1.82, 2.24) is 14.8 Å². The average molecular weight is 257 g/mol. The van der Waals surface area contributed by atoms with Crippen LogP contribution in [0, 0.1) is 13.8 Å². The van der Waals surface area contributed by atoms with Crippen molar-refractivity contribution in [3.63, 3.8) is 0 Å². The van der Waals surface area contributed by atoms with E-state index in [1.807, 2.05) is 13.8 Å². The Morgan fingerprint density at radius 2 is 1.81 bits per heavy atom. The first-order chi connectivity index (χ1) is 7.49. The number of nitrogens with zero attached hydrogens (tertiary/aromatic N) is 3. The maximum Gasteiger partial charge on any atom is 0.148 e. The molecular weight excluding hydrogens is 247 g/mol. The molecule has 0 aliphatic carbocycles. The molecule has 2 aromatic rings. The molecule has 1 heterocycles. The van der Waals surface area contributed by atoms with Crippen LogP contribution in [0.3, 0.4) is 0 Å². The molecule has 0 aliphatic rings. The molecule has 0 aliphatic heterocycles. The predicted octanol–water partition coefficient (Wildman–Crippen LogP) is 2.77. The highest BCUT2D eigenvalue weighted by atomic mass is 35.5. The Morgan fingerprint density at radius 3 is 2.38 bits per heavy atom. The van der Waals surface area contributed by atoms with Crippen LogP contribution in [0.15, 0.2) is 12.1 Å². The molecule has 1 aromatic carbocycles. The largest absolute Gasteiger partial charge is 0.397 e. The fourth-order valence-corrected chi connectivity index (χ4v) is 1.81. The van der Waals surface area contributed by atoms with Crippen LogP contribution in [0.5, 0.6) is 0 Å². The number of hydrogen-bond acceptors (Lipinski definition) is 3. The number of aryl methyl sites for hydroxylation is 2. The zero-order valence-electron chi connectivity index (χ0n) is 8.83. The molecule has 0 atom stereocenters. The highest BCUT2D eigenvalue weighted by Crippen LogP contribution is 2.29. The molecular formula is C10H10Cl2N4. The maximum atomic E-state index is 5.95. The molecule has 2 rings (SSSR count). The molecule has 4 nitrogen and oxygen atoms in total. The number of nitrogen functional groups attached to an aromatic ring is 1. The summed E-state index contributed by atoms with van der Waals surface area (Å²) in [6.07, 6.45) is 0. The molecule has 0 amide bonds. The van der Waals surface area contributed by atoms with Gasteiger partial charge >= 0.3 is 0 Å². The van der Waals surface area contributed by atoms with Crippen LogP contribution >= 0.6 is 23.2 Å². The standard InChI is InChI=1S/C10H10Cl2N4/c1-5-14-6(2)16(15-5)10-4-8(12)7(11)3-9(10)13/h3-4H,13H2,1-2H3. The van der Waals surface area contributed by atoms with Gasteiger partial charge in [-0.15, -0.1) is 0 Å². The van der Waals surface area contributed by atoms with E-state index in [2.05, 4.69) is 10.1 Å². The number of anilines is 1. The van der Waals surface area contributed by atoms with Crippen molar-refractivity contribution in [3.05, 3.63) is 33.8 Å². The molecule has 0 spiro atoms. The van der Waals surface area contributed by atoms with Gasteiger partial charge in [-0.05, 0) is 26.0 Å². The van der Waals surface area contributed by atoms with Gasteiger partial charge in [-0.1, -0.05) is 23.2 Å². The molecule has 0 saturated heterocycles. The van der Waals surface area contributed by atoms with Crippen LogP contribution in [-0.2, 0) is 0 Å². The van der Waals surface area contributed by atoms with E-state index in [4.69, 9.17) is 28.9 Å². The fraction of sp³-hybridized carbons (Fsp3) is 0.200. The number of halogens is 2. The summed E-state index contributed by atoms with van der Waals surface area (Å²) in [7, 11) is 0. The van der Waals surface area contributed by atoms with E-state index in [1.54, 1.807) is 16.8 Å². The number of nitrogens with two attached hydrogens (primary N) is 1. The number of aromatic nitrogens is 3. The molecule has 0 bridgehead atoms. The molecule has 6 heteroatoms. The lowest BCUT2D eigenvalue weighted by molar-refractivity contribution is 0.833. The van der Waals surface area contributed by atoms with Crippen LogP contribution in [-0.4, -0.2) is 14.8 Å². The number of benzene rings is 1. The third-order valence-electron chi connectivity index (χ3n) is 2.17. The zero-order chi connectivity index (χ0) is 11.9. The average Bonchev–Trinajstić information content (AvgIpc) is 2.51. The van der Waals surface area contributed by atoms with Crippen LogP contribution in [0.2, 0.25) is 10.0 Å². The third kappa shape index (κ3) is 1.86. The molecule has 0 radical (unpaired) electrons. The van der Waals surface area contributed by atoms with Crippen LogP contribution in [0.4, 0.5) is 5.69 Å². The Labute approximate surface area is 103 Å². The van der Waals surface area contributed by atoms with Crippen molar-refractivity contribution in [3.8, 4) is 5.69 Å². The van der Waals surface area contributed by atoms with E-state index < -0.39 is 0 Å². The zero-order valence-corrected chi connectivity index (χ0v) is 10.3. The van der Waals surface area contributed by atoms with Crippen molar-refractivity contribution in [1.29, 1.82) is 0 Å². The van der Waals surface area contributed by atoms with Gasteiger partial charge < -0.3 is 5.73 Å². The van der Waals surface area contributed by atoms with Crippen molar-refractivity contribution in [2.24, 2.45) is 0 Å². The lowest BCUT2D eigenvalue weighted by Gasteiger charge is -2.08. The van der Waals surface area contributed by atoms with Crippen molar-refractivity contribution in [2.45, 2.75) is 13.8 Å². The minimum absolute atomic E-state index is 0.428. The monoisotopic (exact) mass is 256 g/mol. The predicted molar refractivity (Wildman–Crippen MR) is 65.3 cm³/mol. The smallest absolute Gasteiger partial charge is 0.148 e. The highest BCUT2D eigenvalue weighted by Gasteiger charge is 2.11. The second-order valence-electron chi connectivity index (χ2n) is 3.44. The molecule has 16 heavy (non-hydrogen) atoms. The first kappa shape index (κ1) is 11.2. The van der Waals surface area contributed by atoms with Gasteiger partial charge in [-0.2, -0.15) is 5.10 Å². The minimum Gasteiger partial charge on any atom is -0.397 e. The first-order valence-corrected chi connectivity index (χ1v) is 5.40. The van der Waals surface area contributed by atoms with E-state index in [0.29, 0.717) is 27.2 Å². The van der Waals surface area contributed by atoms with E-state index in [1.165, 1.54) is 0 Å². The summed E-state index contributed by atoms with van der Waals surface area (Å²) in [5.41, 5.74) is 7.07. The molecule has 0 saturated carbocycles. The number of hydrogen-bond donors (Lipinski definition) is 1. The Balaban J connectivity index is 2.64. The van der Waals surface area contributed by atoms with Gasteiger partial charge in [0.05, 0.1) is 21.4 Å². The lowest BCUT2D eigenvalue weighted by Crippen LogP contribution is -2.03. The summed E-state index contributed by atoms with van der Waals surface area (Å²) in [6.45, 7) is 3.67. The third-order valence-corrected chi connectivity index (χ3v) is 2.89. The summed E-state index contributed by atoms with van der Waals surface area (Å²) < 4.78 is 1.65. The summed E-state index contributed by atoms with van der Waals surface area (Å²) in [5.74, 6) is 1.44. The van der Waals surface area contributed by atoms with Gasteiger partial charge in [-0.3, -0.25) is 0 Å². The van der Waals surface area contributed by atoms with Crippen LogP contribution in [0.25, 0.3) is 5.69 Å². The Morgan fingerprint density at radius 1 is 1.19 bits per heavy atom. The Bertz CT molecular complexity index is 548. The summed E-state index contributed by atoms with van der Waals surface area (Å²) >= 11 is 11.8. The fourth-order valence-electron chi connectivity index (χ4n) is 1.48. The van der Waals surface area contributed by atoms with Crippen LogP contribution < -0.4 is 5.73 Å². The highest BCUT2D eigenvalue weighted by molar-refractivity contribution is 6.42. The lowest BCUT2D eigenvalue weighted by atomic mass is 10.2. The molecule has 2 N–H and O–H groups in total. The summed E-state index contributed by atoms with van der Waals surface area (Å²) in [4.78, 5) is 4.20. The van der Waals surface area contributed by atoms with Gasteiger partial charge in [-0.25, -0.2) is 9.67 Å². The second-order valence-corrected chi connectivity index (χ2v) is 4.26. The minimum atomic E-state index is 0.428. The normalized spacial score (nSPS) is 10.8. The second kappa shape index (κ2) is 3.96. The molecule has 1 aromatic heterocycles. The van der Waals surface area contributed by atoms with Crippen LogP contribution in [0.1, 0.15) is 11.6 Å². The van der Waals surface area contributed by atoms with Gasteiger partial charge in [0.15, 0.2) is 0 Å². The molecule has 0 unspecified atom stereocenters. The summed E-state index contributed by atoms with van der Waals surface area (Å²) in [6, 6.07) is 3.29. The van der Waals surface area contributed by atoms with Crippen molar-refractivity contribution < 1.29 is 0 Å². The maximum absolute atomic E-state index is 5.95. The van der Waals surface area contributed by atoms with Crippen molar-refractivity contribution in [2.75, 3.05) is 5.73 Å². The van der Waals surface area contributed by atoms with Gasteiger partial charge in [0.25, 0.3) is 0 Å². The molecule has 84 valence electrons. The van der Waals surface area contributed by atoms with E-state index >= 15 is 0 Å². The Kier molecular flexibility index (Phi) is 2.78.